The zero-order chi connectivity index (χ0) is 10.5. The molecule has 1 fully saturated rings. The van der Waals surface area contributed by atoms with Crippen molar-refractivity contribution >= 4 is 11.6 Å². The molecule has 1 aromatic heterocycles. The monoisotopic (exact) mass is 227 g/mol. The Morgan fingerprint density at radius 3 is 2.53 bits per heavy atom. The van der Waals surface area contributed by atoms with Crippen LogP contribution in [0.1, 0.15) is 18.7 Å². The molecule has 1 aromatic rings. The molecule has 0 spiro atoms. The molecule has 0 amide bonds. The van der Waals surface area contributed by atoms with Crippen molar-refractivity contribution in [2.45, 2.75) is 18.7 Å². The van der Waals surface area contributed by atoms with Crippen molar-refractivity contribution in [2.75, 3.05) is 19.8 Å². The van der Waals surface area contributed by atoms with E-state index >= 15 is 0 Å². The first-order valence-corrected chi connectivity index (χ1v) is 5.64. The molecule has 0 atom stereocenters. The highest BCUT2D eigenvalue weighted by molar-refractivity contribution is 6.16. The molecule has 0 aliphatic carbocycles. The first kappa shape index (κ1) is 10.6. The van der Waals surface area contributed by atoms with Crippen LogP contribution in [0, 0.1) is 0 Å². The van der Waals surface area contributed by atoms with Gasteiger partial charge in [-0.1, -0.05) is 0 Å². The molecule has 1 aliphatic rings. The molecule has 15 heavy (non-hydrogen) atoms. The molecule has 0 bridgehead atoms. The molecule has 0 aromatic carbocycles. The minimum atomic E-state index is 0.340. The summed E-state index contributed by atoms with van der Waals surface area (Å²) in [4.78, 5) is 10.4. The number of alkyl halides is 1. The zero-order valence-electron chi connectivity index (χ0n) is 8.53. The molecule has 5 heteroatoms. The van der Waals surface area contributed by atoms with Crippen molar-refractivity contribution in [3.8, 4) is 5.75 Å². The van der Waals surface area contributed by atoms with Gasteiger partial charge < -0.3 is 4.74 Å². The number of hydrogen-bond acceptors (Lipinski definition) is 4. The van der Waals surface area contributed by atoms with Gasteiger partial charge >= 0.3 is 0 Å². The Balaban J connectivity index is 1.82. The minimum absolute atomic E-state index is 0.340. The predicted molar refractivity (Wildman–Crippen MR) is 57.9 cm³/mol. The maximum absolute atomic E-state index is 5.59. The zero-order valence-corrected chi connectivity index (χ0v) is 9.28. The van der Waals surface area contributed by atoms with Crippen molar-refractivity contribution in [1.82, 2.24) is 14.9 Å². The summed E-state index contributed by atoms with van der Waals surface area (Å²) < 4.78 is 5.55. The van der Waals surface area contributed by atoms with Crippen LogP contribution in [0.15, 0.2) is 12.4 Å². The van der Waals surface area contributed by atoms with Crippen LogP contribution in [0.25, 0.3) is 0 Å². The highest BCUT2D eigenvalue weighted by Gasteiger charge is 2.11. The van der Waals surface area contributed by atoms with Crippen LogP contribution in [0.3, 0.4) is 0 Å². The van der Waals surface area contributed by atoms with Crippen LogP contribution in [0.2, 0.25) is 0 Å². The Bertz CT molecular complexity index is 298. The van der Waals surface area contributed by atoms with E-state index in [4.69, 9.17) is 16.3 Å². The standard InChI is InChI=1S/C10H14ClN3O/c11-5-10-12-6-9(7-13-10)15-8-14-3-1-2-4-14/h6-7H,1-5,8H2. The summed E-state index contributed by atoms with van der Waals surface area (Å²) in [5, 5.41) is 0. The first-order valence-electron chi connectivity index (χ1n) is 5.10. The number of likely N-dealkylation sites (tertiary alicyclic amines) is 1. The molecule has 1 saturated heterocycles. The lowest BCUT2D eigenvalue weighted by atomic mass is 10.4. The van der Waals surface area contributed by atoms with Gasteiger partial charge in [0, 0.05) is 13.1 Å². The molecule has 2 rings (SSSR count). The molecule has 0 unspecified atom stereocenters. The van der Waals surface area contributed by atoms with Crippen molar-refractivity contribution in [3.63, 3.8) is 0 Å². The number of aromatic nitrogens is 2. The fourth-order valence-corrected chi connectivity index (χ4v) is 1.70. The second kappa shape index (κ2) is 5.28. The van der Waals surface area contributed by atoms with E-state index in [1.54, 1.807) is 12.4 Å². The Hall–Kier alpha value is -0.870. The highest BCUT2D eigenvalue weighted by atomic mass is 35.5. The topological polar surface area (TPSA) is 38.2 Å². The lowest BCUT2D eigenvalue weighted by Gasteiger charge is -2.14. The van der Waals surface area contributed by atoms with Gasteiger partial charge in [-0.3, -0.25) is 4.90 Å². The Morgan fingerprint density at radius 1 is 1.27 bits per heavy atom. The summed E-state index contributed by atoms with van der Waals surface area (Å²) in [6, 6.07) is 0. The number of rotatable bonds is 4. The van der Waals surface area contributed by atoms with E-state index in [-0.39, 0.29) is 0 Å². The maximum Gasteiger partial charge on any atom is 0.157 e. The molecule has 2 heterocycles. The van der Waals surface area contributed by atoms with Gasteiger partial charge in [0.25, 0.3) is 0 Å². The fraction of sp³-hybridized carbons (Fsp3) is 0.600. The van der Waals surface area contributed by atoms with E-state index in [1.807, 2.05) is 0 Å². The van der Waals surface area contributed by atoms with Crippen LogP contribution in [-0.2, 0) is 5.88 Å². The van der Waals surface area contributed by atoms with Gasteiger partial charge in [0.05, 0.1) is 18.3 Å². The molecule has 0 saturated carbocycles. The number of hydrogen-bond donors (Lipinski definition) is 0. The van der Waals surface area contributed by atoms with Gasteiger partial charge in [-0.15, -0.1) is 11.6 Å². The van der Waals surface area contributed by atoms with Gasteiger partial charge in [0.15, 0.2) is 5.75 Å². The van der Waals surface area contributed by atoms with E-state index in [2.05, 4.69) is 14.9 Å². The summed E-state index contributed by atoms with van der Waals surface area (Å²) in [6.45, 7) is 2.88. The van der Waals surface area contributed by atoms with Gasteiger partial charge in [0.2, 0.25) is 0 Å². The summed E-state index contributed by atoms with van der Waals surface area (Å²) in [7, 11) is 0. The minimum Gasteiger partial charge on any atom is -0.475 e. The number of nitrogens with zero attached hydrogens (tertiary/aromatic N) is 3. The first-order chi connectivity index (χ1) is 7.38. The SMILES string of the molecule is ClCc1ncc(OCN2CCCC2)cn1. The van der Waals surface area contributed by atoms with Gasteiger partial charge in [0.1, 0.15) is 12.6 Å². The molecule has 82 valence electrons. The maximum atomic E-state index is 5.59. The van der Waals surface area contributed by atoms with E-state index in [9.17, 15) is 0 Å². The smallest absolute Gasteiger partial charge is 0.157 e. The third-order valence-corrected chi connectivity index (χ3v) is 2.65. The van der Waals surface area contributed by atoms with Gasteiger partial charge in [-0.05, 0) is 12.8 Å². The van der Waals surface area contributed by atoms with Crippen LogP contribution >= 0.6 is 11.6 Å². The summed E-state index contributed by atoms with van der Waals surface area (Å²) in [6.07, 6.45) is 5.87. The summed E-state index contributed by atoms with van der Waals surface area (Å²) >= 11 is 5.59. The molecule has 0 radical (unpaired) electrons. The average Bonchev–Trinajstić information content (AvgIpc) is 2.80. The lowest BCUT2D eigenvalue weighted by molar-refractivity contribution is 0.151. The van der Waals surface area contributed by atoms with E-state index in [1.165, 1.54) is 12.8 Å². The van der Waals surface area contributed by atoms with E-state index in [0.29, 0.717) is 24.2 Å². The van der Waals surface area contributed by atoms with Crippen molar-refractivity contribution in [3.05, 3.63) is 18.2 Å². The molecular weight excluding hydrogens is 214 g/mol. The van der Waals surface area contributed by atoms with Crippen LogP contribution in [0.5, 0.6) is 5.75 Å². The van der Waals surface area contributed by atoms with Crippen LogP contribution in [0.4, 0.5) is 0 Å². The van der Waals surface area contributed by atoms with Gasteiger partial charge in [-0.2, -0.15) is 0 Å². The normalized spacial score (nSPS) is 16.9. The third-order valence-electron chi connectivity index (χ3n) is 2.41. The van der Waals surface area contributed by atoms with Crippen molar-refractivity contribution < 1.29 is 4.74 Å². The Labute approximate surface area is 94.2 Å². The predicted octanol–water partition coefficient (Wildman–Crippen LogP) is 1.65. The molecular formula is C10H14ClN3O. The second-order valence-corrected chi connectivity index (χ2v) is 3.83. The van der Waals surface area contributed by atoms with Crippen LogP contribution in [-0.4, -0.2) is 34.7 Å². The quantitative estimate of drug-likeness (QED) is 0.734. The number of ether oxygens (including phenoxy) is 1. The van der Waals surface area contributed by atoms with E-state index < -0.39 is 0 Å². The Kier molecular flexibility index (Phi) is 3.75. The average molecular weight is 228 g/mol. The van der Waals surface area contributed by atoms with Crippen molar-refractivity contribution in [2.24, 2.45) is 0 Å². The Morgan fingerprint density at radius 2 is 1.93 bits per heavy atom. The van der Waals surface area contributed by atoms with Crippen LogP contribution < -0.4 is 4.74 Å². The van der Waals surface area contributed by atoms with Gasteiger partial charge in [-0.25, -0.2) is 9.97 Å². The molecule has 1 aliphatic heterocycles. The highest BCUT2D eigenvalue weighted by Crippen LogP contribution is 2.11. The summed E-state index contributed by atoms with van der Waals surface area (Å²) in [5.41, 5.74) is 0. The largest absolute Gasteiger partial charge is 0.475 e. The summed E-state index contributed by atoms with van der Waals surface area (Å²) in [5.74, 6) is 1.67. The fourth-order valence-electron chi connectivity index (χ4n) is 1.56. The molecule has 0 N–H and O–H groups in total. The second-order valence-electron chi connectivity index (χ2n) is 3.57. The third kappa shape index (κ3) is 3.04. The lowest BCUT2D eigenvalue weighted by Crippen LogP contribution is -2.24. The van der Waals surface area contributed by atoms with Crippen molar-refractivity contribution in [1.29, 1.82) is 0 Å². The van der Waals surface area contributed by atoms with E-state index in [0.717, 1.165) is 13.1 Å². The number of halogens is 1. The molecule has 4 nitrogen and oxygen atoms in total.